The Hall–Kier alpha value is -1.78. The first kappa shape index (κ1) is 11.7. The van der Waals surface area contributed by atoms with Gasteiger partial charge in [0.15, 0.2) is 0 Å². The molecule has 2 heterocycles. The van der Waals surface area contributed by atoms with Crippen molar-refractivity contribution in [1.82, 2.24) is 4.98 Å². The first-order chi connectivity index (χ1) is 8.22. The number of amides is 1. The van der Waals surface area contributed by atoms with Gasteiger partial charge >= 0.3 is 0 Å². The van der Waals surface area contributed by atoms with Crippen molar-refractivity contribution in [3.8, 4) is 0 Å². The fraction of sp³-hybridized carbons (Fsp3) is 0.500. The number of aromatic nitrogens is 1. The lowest BCUT2D eigenvalue weighted by atomic mass is 10.2. The smallest absolute Gasteiger partial charge is 0.240 e. The van der Waals surface area contributed by atoms with Crippen molar-refractivity contribution in [1.29, 1.82) is 0 Å². The summed E-state index contributed by atoms with van der Waals surface area (Å²) in [5.74, 6) is 0.587. The number of nitrogens with one attached hydrogen (secondary N) is 1. The van der Waals surface area contributed by atoms with Gasteiger partial charge in [-0.3, -0.25) is 4.79 Å². The second-order valence-corrected chi connectivity index (χ2v) is 4.18. The Bertz CT molecular complexity index is 407. The molecule has 3 N–H and O–H groups in total. The molecule has 5 heteroatoms. The number of hydrogen-bond acceptors (Lipinski definition) is 4. The Morgan fingerprint density at radius 1 is 1.71 bits per heavy atom. The molecule has 1 aromatic heterocycles. The van der Waals surface area contributed by atoms with Gasteiger partial charge in [0.05, 0.1) is 0 Å². The van der Waals surface area contributed by atoms with E-state index in [-0.39, 0.29) is 11.9 Å². The fourth-order valence-corrected chi connectivity index (χ4v) is 2.25. The predicted octanol–water partition coefficient (Wildman–Crippen LogP) is 0.967. The third-order valence-electron chi connectivity index (χ3n) is 3.01. The van der Waals surface area contributed by atoms with Gasteiger partial charge in [0.2, 0.25) is 5.91 Å². The van der Waals surface area contributed by atoms with Crippen molar-refractivity contribution in [2.75, 3.05) is 23.3 Å². The zero-order valence-electron chi connectivity index (χ0n) is 10.0. The van der Waals surface area contributed by atoms with Gasteiger partial charge in [0, 0.05) is 31.0 Å². The molecule has 1 unspecified atom stereocenters. The van der Waals surface area contributed by atoms with E-state index in [1.807, 2.05) is 19.1 Å². The molecule has 17 heavy (non-hydrogen) atoms. The molecule has 0 aromatic carbocycles. The first-order valence-corrected chi connectivity index (χ1v) is 5.98. The predicted molar refractivity (Wildman–Crippen MR) is 68.0 cm³/mol. The largest absolute Gasteiger partial charge is 0.370 e. The fourth-order valence-electron chi connectivity index (χ4n) is 2.25. The van der Waals surface area contributed by atoms with Gasteiger partial charge in [-0.1, -0.05) is 0 Å². The lowest BCUT2D eigenvalue weighted by Crippen LogP contribution is -2.40. The molecule has 1 atom stereocenters. The quantitative estimate of drug-likeness (QED) is 0.814. The summed E-state index contributed by atoms with van der Waals surface area (Å²) < 4.78 is 0. The van der Waals surface area contributed by atoms with E-state index in [0.29, 0.717) is 0 Å². The number of rotatable bonds is 4. The van der Waals surface area contributed by atoms with Crippen LogP contribution in [0.3, 0.4) is 0 Å². The summed E-state index contributed by atoms with van der Waals surface area (Å²) in [6.45, 7) is 3.73. The van der Waals surface area contributed by atoms with Crippen LogP contribution < -0.4 is 16.0 Å². The Morgan fingerprint density at radius 2 is 2.53 bits per heavy atom. The van der Waals surface area contributed by atoms with Gasteiger partial charge < -0.3 is 16.0 Å². The standard InChI is InChI=1S/C12H18N4O/c1-2-14-11-8-9(5-6-15-11)16-7-3-4-10(16)12(13)17/h5-6,8,10H,2-4,7H2,1H3,(H2,13,17)(H,14,15). The monoisotopic (exact) mass is 234 g/mol. The minimum Gasteiger partial charge on any atom is -0.370 e. The van der Waals surface area contributed by atoms with E-state index < -0.39 is 0 Å². The summed E-state index contributed by atoms with van der Waals surface area (Å²) in [6.07, 6.45) is 3.60. The molecular formula is C12H18N4O. The molecule has 0 aliphatic carbocycles. The molecule has 1 aliphatic rings. The molecule has 92 valence electrons. The van der Waals surface area contributed by atoms with Gasteiger partial charge in [-0.2, -0.15) is 0 Å². The van der Waals surface area contributed by atoms with Gasteiger partial charge in [-0.05, 0) is 25.8 Å². The van der Waals surface area contributed by atoms with Crippen molar-refractivity contribution in [2.45, 2.75) is 25.8 Å². The van der Waals surface area contributed by atoms with Crippen LogP contribution in [0, 0.1) is 0 Å². The number of pyridine rings is 1. The molecule has 0 radical (unpaired) electrons. The second-order valence-electron chi connectivity index (χ2n) is 4.18. The first-order valence-electron chi connectivity index (χ1n) is 5.98. The van der Waals surface area contributed by atoms with Crippen LogP contribution in [0.1, 0.15) is 19.8 Å². The molecule has 1 fully saturated rings. The number of primary amides is 1. The minimum absolute atomic E-state index is 0.174. The zero-order chi connectivity index (χ0) is 12.3. The Balaban J connectivity index is 2.21. The van der Waals surface area contributed by atoms with Crippen LogP contribution >= 0.6 is 0 Å². The molecule has 5 nitrogen and oxygen atoms in total. The van der Waals surface area contributed by atoms with Crippen molar-refractivity contribution in [2.24, 2.45) is 5.73 Å². The zero-order valence-corrected chi connectivity index (χ0v) is 10.0. The molecule has 2 rings (SSSR count). The van der Waals surface area contributed by atoms with Gasteiger partial charge in [-0.15, -0.1) is 0 Å². The molecule has 0 saturated carbocycles. The average molecular weight is 234 g/mol. The van der Waals surface area contributed by atoms with E-state index in [4.69, 9.17) is 5.73 Å². The molecule has 0 bridgehead atoms. The van der Waals surface area contributed by atoms with Gasteiger partial charge in [0.1, 0.15) is 11.9 Å². The SMILES string of the molecule is CCNc1cc(N2CCCC2C(N)=O)ccn1. The summed E-state index contributed by atoms with van der Waals surface area (Å²) in [4.78, 5) is 17.6. The highest BCUT2D eigenvalue weighted by atomic mass is 16.1. The number of nitrogens with two attached hydrogens (primary N) is 1. The molecule has 1 saturated heterocycles. The van der Waals surface area contributed by atoms with Crippen molar-refractivity contribution in [3.63, 3.8) is 0 Å². The summed E-state index contributed by atoms with van der Waals surface area (Å²) in [7, 11) is 0. The van der Waals surface area contributed by atoms with E-state index in [2.05, 4.69) is 15.2 Å². The maximum Gasteiger partial charge on any atom is 0.240 e. The molecule has 1 aromatic rings. The number of hydrogen-bond donors (Lipinski definition) is 2. The topological polar surface area (TPSA) is 71.2 Å². The Labute approximate surface area is 101 Å². The lowest BCUT2D eigenvalue weighted by Gasteiger charge is -2.24. The van der Waals surface area contributed by atoms with Crippen molar-refractivity contribution < 1.29 is 4.79 Å². The van der Waals surface area contributed by atoms with Crippen LogP contribution in [0.5, 0.6) is 0 Å². The van der Waals surface area contributed by atoms with E-state index >= 15 is 0 Å². The molecule has 1 amide bonds. The van der Waals surface area contributed by atoms with Crippen LogP contribution in [-0.2, 0) is 4.79 Å². The van der Waals surface area contributed by atoms with Crippen LogP contribution in [0.15, 0.2) is 18.3 Å². The van der Waals surface area contributed by atoms with Gasteiger partial charge in [0.25, 0.3) is 0 Å². The number of carbonyl (C=O) groups excluding carboxylic acids is 1. The summed E-state index contributed by atoms with van der Waals surface area (Å²) in [5, 5.41) is 3.16. The number of carbonyl (C=O) groups is 1. The Kier molecular flexibility index (Phi) is 3.46. The van der Waals surface area contributed by atoms with E-state index in [9.17, 15) is 4.79 Å². The minimum atomic E-state index is -0.246. The third-order valence-corrected chi connectivity index (χ3v) is 3.01. The molecule has 0 spiro atoms. The maximum absolute atomic E-state index is 11.3. The highest BCUT2D eigenvalue weighted by Gasteiger charge is 2.29. The van der Waals surface area contributed by atoms with Crippen LogP contribution in [0.2, 0.25) is 0 Å². The summed E-state index contributed by atoms with van der Waals surface area (Å²) >= 11 is 0. The van der Waals surface area contributed by atoms with Crippen LogP contribution in [-0.4, -0.2) is 30.0 Å². The lowest BCUT2D eigenvalue weighted by molar-refractivity contribution is -0.119. The molecule has 1 aliphatic heterocycles. The second kappa shape index (κ2) is 5.03. The normalized spacial score (nSPS) is 19.4. The van der Waals surface area contributed by atoms with Crippen LogP contribution in [0.4, 0.5) is 11.5 Å². The summed E-state index contributed by atoms with van der Waals surface area (Å²) in [5.41, 5.74) is 6.42. The number of nitrogens with zero attached hydrogens (tertiary/aromatic N) is 2. The van der Waals surface area contributed by atoms with E-state index in [1.165, 1.54) is 0 Å². The highest BCUT2D eigenvalue weighted by Crippen LogP contribution is 2.26. The van der Waals surface area contributed by atoms with Crippen molar-refractivity contribution in [3.05, 3.63) is 18.3 Å². The highest BCUT2D eigenvalue weighted by molar-refractivity contribution is 5.84. The van der Waals surface area contributed by atoms with Gasteiger partial charge in [-0.25, -0.2) is 4.98 Å². The number of anilines is 2. The third kappa shape index (κ3) is 2.49. The van der Waals surface area contributed by atoms with Crippen molar-refractivity contribution >= 4 is 17.4 Å². The maximum atomic E-state index is 11.3. The Morgan fingerprint density at radius 3 is 3.24 bits per heavy atom. The van der Waals surface area contributed by atoms with E-state index in [1.54, 1.807) is 6.20 Å². The molecular weight excluding hydrogens is 216 g/mol. The average Bonchev–Trinajstić information content (AvgIpc) is 2.79. The van der Waals surface area contributed by atoms with E-state index in [0.717, 1.165) is 37.4 Å². The van der Waals surface area contributed by atoms with Crippen LogP contribution in [0.25, 0.3) is 0 Å². The summed E-state index contributed by atoms with van der Waals surface area (Å²) in [6, 6.07) is 3.71.